The number of esters is 1. The summed E-state index contributed by atoms with van der Waals surface area (Å²) >= 11 is 0. The fraction of sp³-hybridized carbons (Fsp3) is 0.750. The van der Waals surface area contributed by atoms with E-state index >= 15 is 0 Å². The molecule has 0 aromatic rings. The molecule has 0 amide bonds. The molecule has 12 heavy (non-hydrogen) atoms. The van der Waals surface area contributed by atoms with E-state index in [1.807, 2.05) is 0 Å². The van der Waals surface area contributed by atoms with Crippen LogP contribution in [-0.4, -0.2) is 43.4 Å². The summed E-state index contributed by atoms with van der Waals surface area (Å²) in [5, 5.41) is 0. The van der Waals surface area contributed by atoms with Crippen molar-refractivity contribution in [1.29, 1.82) is 0 Å². The van der Waals surface area contributed by atoms with Crippen LogP contribution < -0.4 is 0 Å². The molecule has 0 N–H and O–H groups in total. The van der Waals surface area contributed by atoms with E-state index in [0.717, 1.165) is 0 Å². The molecule has 1 aliphatic rings. The van der Waals surface area contributed by atoms with Gasteiger partial charge in [-0.3, -0.25) is 14.5 Å². The van der Waals surface area contributed by atoms with Crippen LogP contribution in [0.4, 0.5) is 0 Å². The topological polar surface area (TPSA) is 46.6 Å². The Morgan fingerprint density at radius 2 is 2.33 bits per heavy atom. The van der Waals surface area contributed by atoms with Gasteiger partial charge in [0.1, 0.15) is 11.8 Å². The first kappa shape index (κ1) is 9.19. The highest BCUT2D eigenvalue weighted by Gasteiger charge is 2.29. The smallest absolute Gasteiger partial charge is 0.323 e. The first-order valence-corrected chi connectivity index (χ1v) is 3.95. The number of nitrogens with zero attached hydrogens (tertiary/aromatic N) is 1. The third kappa shape index (κ3) is 1.82. The zero-order valence-corrected chi connectivity index (χ0v) is 7.37. The largest absolute Gasteiger partial charge is 0.468 e. The van der Waals surface area contributed by atoms with Crippen LogP contribution in [-0.2, 0) is 14.3 Å². The van der Waals surface area contributed by atoms with Crippen molar-refractivity contribution in [3.63, 3.8) is 0 Å². The Kier molecular flexibility index (Phi) is 2.81. The normalized spacial score (nSPS) is 25.5. The molecular weight excluding hydrogens is 158 g/mol. The van der Waals surface area contributed by atoms with Crippen LogP contribution >= 0.6 is 0 Å². The van der Waals surface area contributed by atoms with E-state index in [0.29, 0.717) is 19.4 Å². The van der Waals surface area contributed by atoms with Gasteiger partial charge in [0.05, 0.1) is 13.7 Å². The summed E-state index contributed by atoms with van der Waals surface area (Å²) in [6.07, 6.45) is 1.08. The molecule has 0 saturated carbocycles. The molecule has 4 heteroatoms. The molecule has 1 rings (SSSR count). The fourth-order valence-electron chi connectivity index (χ4n) is 1.42. The fourth-order valence-corrected chi connectivity index (χ4v) is 1.42. The van der Waals surface area contributed by atoms with Crippen LogP contribution in [0.5, 0.6) is 0 Å². The number of Topliss-reactive ketones (excluding diaryl/α,β-unsaturated/α-hetero) is 1. The summed E-state index contributed by atoms with van der Waals surface area (Å²) < 4.78 is 4.60. The van der Waals surface area contributed by atoms with Gasteiger partial charge in [-0.05, 0) is 13.5 Å². The molecule has 0 radical (unpaired) electrons. The van der Waals surface area contributed by atoms with Gasteiger partial charge in [-0.25, -0.2) is 0 Å². The third-order valence-corrected chi connectivity index (χ3v) is 2.13. The number of ketones is 1. The van der Waals surface area contributed by atoms with Crippen LogP contribution in [0.1, 0.15) is 12.8 Å². The molecule has 1 heterocycles. The molecule has 0 aromatic carbocycles. The number of hydrogen-bond donors (Lipinski definition) is 0. The molecule has 1 aliphatic heterocycles. The van der Waals surface area contributed by atoms with Gasteiger partial charge in [-0.2, -0.15) is 0 Å². The highest BCUT2D eigenvalue weighted by atomic mass is 16.5. The first-order valence-electron chi connectivity index (χ1n) is 3.95. The lowest BCUT2D eigenvalue weighted by molar-refractivity contribution is -0.148. The number of piperidine rings is 1. The maximum absolute atomic E-state index is 11.1. The van der Waals surface area contributed by atoms with Gasteiger partial charge in [0, 0.05) is 6.42 Å². The van der Waals surface area contributed by atoms with Crippen molar-refractivity contribution in [3.05, 3.63) is 0 Å². The van der Waals surface area contributed by atoms with Crippen molar-refractivity contribution in [2.75, 3.05) is 20.7 Å². The Labute approximate surface area is 71.5 Å². The highest BCUT2D eigenvalue weighted by Crippen LogP contribution is 2.13. The molecule has 0 spiro atoms. The van der Waals surface area contributed by atoms with Crippen LogP contribution in [0.3, 0.4) is 0 Å². The Morgan fingerprint density at radius 3 is 2.83 bits per heavy atom. The lowest BCUT2D eigenvalue weighted by Crippen LogP contribution is -2.45. The predicted molar refractivity (Wildman–Crippen MR) is 42.7 cm³/mol. The number of likely N-dealkylation sites (N-methyl/N-ethyl adjacent to an activating group) is 1. The minimum atomic E-state index is -0.245. The second-order valence-corrected chi connectivity index (χ2v) is 3.03. The molecule has 0 aromatic heterocycles. The monoisotopic (exact) mass is 171 g/mol. The van der Waals surface area contributed by atoms with Gasteiger partial charge in [0.25, 0.3) is 0 Å². The lowest BCUT2D eigenvalue weighted by atomic mass is 10.0. The number of carbonyl (C=O) groups is 2. The van der Waals surface area contributed by atoms with E-state index in [4.69, 9.17) is 0 Å². The van der Waals surface area contributed by atoms with Crippen molar-refractivity contribution >= 4 is 11.8 Å². The van der Waals surface area contributed by atoms with E-state index in [2.05, 4.69) is 4.74 Å². The Bertz CT molecular complexity index is 202. The third-order valence-electron chi connectivity index (χ3n) is 2.13. The zero-order chi connectivity index (χ0) is 9.14. The second kappa shape index (κ2) is 3.67. The van der Waals surface area contributed by atoms with Crippen LogP contribution in [0.15, 0.2) is 0 Å². The summed E-state index contributed by atoms with van der Waals surface area (Å²) in [6, 6.07) is -0.229. The molecule has 0 aliphatic carbocycles. The number of rotatable bonds is 1. The van der Waals surface area contributed by atoms with Crippen molar-refractivity contribution in [2.24, 2.45) is 0 Å². The van der Waals surface area contributed by atoms with E-state index in [-0.39, 0.29) is 17.8 Å². The van der Waals surface area contributed by atoms with Crippen molar-refractivity contribution in [3.8, 4) is 0 Å². The summed E-state index contributed by atoms with van der Waals surface area (Å²) in [6.45, 7) is 0.361. The Hall–Kier alpha value is -0.900. The van der Waals surface area contributed by atoms with Crippen LogP contribution in [0, 0.1) is 0 Å². The van der Waals surface area contributed by atoms with Crippen molar-refractivity contribution in [2.45, 2.75) is 18.9 Å². The second-order valence-electron chi connectivity index (χ2n) is 3.03. The maximum atomic E-state index is 11.1. The van der Waals surface area contributed by atoms with E-state index < -0.39 is 0 Å². The van der Waals surface area contributed by atoms with Gasteiger partial charge in [0.2, 0.25) is 0 Å². The molecule has 1 fully saturated rings. The summed E-state index contributed by atoms with van der Waals surface area (Å²) in [5.74, 6) is -0.0531. The Balaban J connectivity index is 2.56. The number of ether oxygens (including phenoxy) is 1. The molecule has 4 nitrogen and oxygen atoms in total. The minimum absolute atomic E-state index is 0.192. The summed E-state index contributed by atoms with van der Waals surface area (Å²) in [5.41, 5.74) is 0. The van der Waals surface area contributed by atoms with E-state index in [9.17, 15) is 9.59 Å². The quantitative estimate of drug-likeness (QED) is 0.513. The molecule has 1 unspecified atom stereocenters. The molecule has 0 bridgehead atoms. The van der Waals surface area contributed by atoms with E-state index in [1.165, 1.54) is 7.11 Å². The number of methoxy groups -OCH3 is 1. The maximum Gasteiger partial charge on any atom is 0.323 e. The molecule has 1 saturated heterocycles. The summed E-state index contributed by atoms with van der Waals surface area (Å²) in [7, 11) is 3.13. The van der Waals surface area contributed by atoms with Crippen LogP contribution in [0.25, 0.3) is 0 Å². The van der Waals surface area contributed by atoms with Gasteiger partial charge < -0.3 is 4.74 Å². The average molecular weight is 171 g/mol. The average Bonchev–Trinajstić information content (AvgIpc) is 2.03. The summed E-state index contributed by atoms with van der Waals surface area (Å²) in [4.78, 5) is 23.8. The van der Waals surface area contributed by atoms with E-state index in [1.54, 1.807) is 11.9 Å². The van der Waals surface area contributed by atoms with Crippen LogP contribution in [0.2, 0.25) is 0 Å². The highest BCUT2D eigenvalue weighted by molar-refractivity contribution is 5.85. The minimum Gasteiger partial charge on any atom is -0.468 e. The first-order chi connectivity index (χ1) is 5.65. The number of likely N-dealkylation sites (tertiary alicyclic amines) is 1. The van der Waals surface area contributed by atoms with Gasteiger partial charge >= 0.3 is 5.97 Å². The standard InChI is InChI=1S/C8H13NO3/c1-9-5-6(10)3-4-7(9)8(11)12-2/h7H,3-5H2,1-2H3. The van der Waals surface area contributed by atoms with Gasteiger partial charge in [-0.15, -0.1) is 0 Å². The molecular formula is C8H13NO3. The van der Waals surface area contributed by atoms with Crippen molar-refractivity contribution < 1.29 is 14.3 Å². The zero-order valence-electron chi connectivity index (χ0n) is 7.37. The van der Waals surface area contributed by atoms with Gasteiger partial charge in [0.15, 0.2) is 0 Å². The number of hydrogen-bond acceptors (Lipinski definition) is 4. The molecule has 68 valence electrons. The SMILES string of the molecule is COC(=O)C1CCC(=O)CN1C. The number of carbonyl (C=O) groups excluding carboxylic acids is 2. The van der Waals surface area contributed by atoms with Crippen molar-refractivity contribution in [1.82, 2.24) is 4.90 Å². The molecule has 1 atom stereocenters. The van der Waals surface area contributed by atoms with Gasteiger partial charge in [-0.1, -0.05) is 0 Å². The lowest BCUT2D eigenvalue weighted by Gasteiger charge is -2.28. The predicted octanol–water partition coefficient (Wildman–Crippen LogP) is -0.177. The Morgan fingerprint density at radius 1 is 1.67 bits per heavy atom.